The van der Waals surface area contributed by atoms with Crippen LogP contribution >= 0.6 is 0 Å². The Morgan fingerprint density at radius 1 is 1.36 bits per heavy atom. The number of benzene rings is 1. The SMILES string of the molecule is CCC(=O)OCC(=O)Nc1ccc(C(F)(F)F)cc1[N+](=O)[O-]. The first kappa shape index (κ1) is 17.4. The molecule has 1 amide bonds. The molecule has 0 radical (unpaired) electrons. The number of rotatable bonds is 5. The highest BCUT2D eigenvalue weighted by Crippen LogP contribution is 2.34. The minimum Gasteiger partial charge on any atom is -0.456 e. The largest absolute Gasteiger partial charge is 0.456 e. The molecule has 120 valence electrons. The molecule has 0 bridgehead atoms. The Balaban J connectivity index is 2.93. The topological polar surface area (TPSA) is 98.5 Å². The first-order valence-electron chi connectivity index (χ1n) is 5.96. The number of nitro groups is 1. The molecule has 0 aromatic heterocycles. The summed E-state index contributed by atoms with van der Waals surface area (Å²) in [6, 6.07) is 1.68. The van der Waals surface area contributed by atoms with Crippen LogP contribution in [-0.2, 0) is 20.5 Å². The van der Waals surface area contributed by atoms with E-state index in [1.165, 1.54) is 6.92 Å². The van der Waals surface area contributed by atoms with Gasteiger partial charge in [-0.25, -0.2) is 0 Å². The van der Waals surface area contributed by atoms with Crippen molar-refractivity contribution < 1.29 is 32.4 Å². The predicted octanol–water partition coefficient (Wildman–Crippen LogP) is 2.51. The summed E-state index contributed by atoms with van der Waals surface area (Å²) in [5, 5.41) is 12.8. The Kier molecular flexibility index (Phi) is 5.44. The van der Waals surface area contributed by atoms with Gasteiger partial charge in [0.1, 0.15) is 5.69 Å². The van der Waals surface area contributed by atoms with Gasteiger partial charge >= 0.3 is 12.1 Å². The molecule has 0 aliphatic heterocycles. The summed E-state index contributed by atoms with van der Waals surface area (Å²) >= 11 is 0. The minimum atomic E-state index is -4.75. The number of anilines is 1. The fourth-order valence-electron chi connectivity index (χ4n) is 1.40. The second kappa shape index (κ2) is 6.87. The monoisotopic (exact) mass is 320 g/mol. The number of carbonyl (C=O) groups is 2. The maximum absolute atomic E-state index is 12.5. The molecule has 1 N–H and O–H groups in total. The number of nitro benzene ring substituents is 1. The molecule has 10 heteroatoms. The maximum atomic E-state index is 12.5. The van der Waals surface area contributed by atoms with E-state index in [-0.39, 0.29) is 6.42 Å². The van der Waals surface area contributed by atoms with Gasteiger partial charge in [0.2, 0.25) is 0 Å². The Hall–Kier alpha value is -2.65. The number of nitrogens with zero attached hydrogens (tertiary/aromatic N) is 1. The van der Waals surface area contributed by atoms with Gasteiger partial charge in [-0.05, 0) is 12.1 Å². The Bertz CT molecular complexity index is 601. The van der Waals surface area contributed by atoms with Crippen LogP contribution in [0, 0.1) is 10.1 Å². The summed E-state index contributed by atoms with van der Waals surface area (Å²) in [7, 11) is 0. The van der Waals surface area contributed by atoms with Crippen LogP contribution in [0.2, 0.25) is 0 Å². The molecule has 1 aromatic carbocycles. The van der Waals surface area contributed by atoms with Crippen molar-refractivity contribution in [2.24, 2.45) is 0 Å². The van der Waals surface area contributed by atoms with Crippen LogP contribution < -0.4 is 5.32 Å². The zero-order valence-electron chi connectivity index (χ0n) is 11.3. The van der Waals surface area contributed by atoms with Crippen LogP contribution in [0.4, 0.5) is 24.5 Å². The van der Waals surface area contributed by atoms with Crippen LogP contribution in [0.5, 0.6) is 0 Å². The lowest BCUT2D eigenvalue weighted by molar-refractivity contribution is -0.384. The van der Waals surface area contributed by atoms with Crippen LogP contribution in [0.25, 0.3) is 0 Å². The van der Waals surface area contributed by atoms with Crippen molar-refractivity contribution in [3.8, 4) is 0 Å². The van der Waals surface area contributed by atoms with E-state index < -0.39 is 46.5 Å². The predicted molar refractivity (Wildman–Crippen MR) is 68.0 cm³/mol. The summed E-state index contributed by atoms with van der Waals surface area (Å²) in [6.45, 7) is 0.811. The summed E-state index contributed by atoms with van der Waals surface area (Å²) in [5.74, 6) is -1.55. The molecule has 0 fully saturated rings. The standard InChI is InChI=1S/C12H11F3N2O5/c1-2-11(19)22-6-10(18)16-8-4-3-7(12(13,14)15)5-9(8)17(20)21/h3-5H,2,6H2,1H3,(H,16,18). The molecular weight excluding hydrogens is 309 g/mol. The highest BCUT2D eigenvalue weighted by molar-refractivity contribution is 5.94. The first-order valence-corrected chi connectivity index (χ1v) is 5.96. The Morgan fingerprint density at radius 3 is 2.50 bits per heavy atom. The van der Waals surface area contributed by atoms with Crippen LogP contribution in [0.1, 0.15) is 18.9 Å². The normalized spacial score (nSPS) is 10.9. The molecule has 0 unspecified atom stereocenters. The Labute approximate surface area is 122 Å². The lowest BCUT2D eigenvalue weighted by Gasteiger charge is -2.10. The average molecular weight is 320 g/mol. The minimum absolute atomic E-state index is 0.0354. The van der Waals surface area contributed by atoms with Gasteiger partial charge in [-0.3, -0.25) is 19.7 Å². The van der Waals surface area contributed by atoms with Crippen LogP contribution in [0.15, 0.2) is 18.2 Å². The zero-order chi connectivity index (χ0) is 16.9. The van der Waals surface area contributed by atoms with Gasteiger partial charge in [-0.1, -0.05) is 6.92 Å². The van der Waals surface area contributed by atoms with E-state index >= 15 is 0 Å². The average Bonchev–Trinajstić information content (AvgIpc) is 2.43. The molecule has 0 saturated carbocycles. The number of alkyl halides is 3. The van der Waals surface area contributed by atoms with Crippen LogP contribution in [-0.4, -0.2) is 23.4 Å². The van der Waals surface area contributed by atoms with Crippen molar-refractivity contribution in [3.63, 3.8) is 0 Å². The molecule has 1 aromatic rings. The van der Waals surface area contributed by atoms with Gasteiger partial charge < -0.3 is 10.1 Å². The van der Waals surface area contributed by atoms with Gasteiger partial charge in [0.25, 0.3) is 11.6 Å². The van der Waals surface area contributed by atoms with Crippen LogP contribution in [0.3, 0.4) is 0 Å². The smallest absolute Gasteiger partial charge is 0.416 e. The number of ether oxygens (including phenoxy) is 1. The van der Waals surface area contributed by atoms with Crippen molar-refractivity contribution in [2.45, 2.75) is 19.5 Å². The number of hydrogen-bond acceptors (Lipinski definition) is 5. The number of hydrogen-bond donors (Lipinski definition) is 1. The molecule has 0 atom stereocenters. The molecule has 1 rings (SSSR count). The van der Waals surface area contributed by atoms with E-state index in [1.807, 2.05) is 5.32 Å². The second-order valence-corrected chi connectivity index (χ2v) is 4.05. The van der Waals surface area contributed by atoms with Gasteiger partial charge in [-0.15, -0.1) is 0 Å². The molecular formula is C12H11F3N2O5. The number of esters is 1. The summed E-state index contributed by atoms with van der Waals surface area (Å²) in [6.07, 6.45) is -4.71. The second-order valence-electron chi connectivity index (χ2n) is 4.05. The summed E-state index contributed by atoms with van der Waals surface area (Å²) in [4.78, 5) is 32.1. The van der Waals surface area contributed by atoms with E-state index in [0.29, 0.717) is 12.1 Å². The molecule has 0 aliphatic carbocycles. The third-order valence-electron chi connectivity index (χ3n) is 2.45. The molecule has 22 heavy (non-hydrogen) atoms. The lowest BCUT2D eigenvalue weighted by atomic mass is 10.1. The zero-order valence-corrected chi connectivity index (χ0v) is 11.3. The summed E-state index contributed by atoms with van der Waals surface area (Å²) < 4.78 is 42.0. The number of carbonyl (C=O) groups excluding carboxylic acids is 2. The first-order chi connectivity index (χ1) is 10.1. The van der Waals surface area contributed by atoms with Crippen molar-refractivity contribution in [1.82, 2.24) is 0 Å². The number of amides is 1. The van der Waals surface area contributed by atoms with E-state index in [4.69, 9.17) is 0 Å². The van der Waals surface area contributed by atoms with Gasteiger partial charge in [-0.2, -0.15) is 13.2 Å². The maximum Gasteiger partial charge on any atom is 0.416 e. The quantitative estimate of drug-likeness (QED) is 0.510. The third-order valence-corrected chi connectivity index (χ3v) is 2.45. The third kappa shape index (κ3) is 4.72. The van der Waals surface area contributed by atoms with E-state index in [2.05, 4.69) is 4.74 Å². The van der Waals surface area contributed by atoms with Crippen molar-refractivity contribution >= 4 is 23.3 Å². The highest BCUT2D eigenvalue weighted by atomic mass is 19.4. The lowest BCUT2D eigenvalue weighted by Crippen LogP contribution is -2.21. The number of halogens is 3. The van der Waals surface area contributed by atoms with Crippen molar-refractivity contribution in [1.29, 1.82) is 0 Å². The molecule has 0 aliphatic rings. The fraction of sp³-hybridized carbons (Fsp3) is 0.333. The van der Waals surface area contributed by atoms with E-state index in [1.54, 1.807) is 0 Å². The summed E-state index contributed by atoms with van der Waals surface area (Å²) in [5.41, 5.74) is -2.55. The number of nitrogens with one attached hydrogen (secondary N) is 1. The van der Waals surface area contributed by atoms with Gasteiger partial charge in [0.05, 0.1) is 10.5 Å². The van der Waals surface area contributed by atoms with Gasteiger partial charge in [0.15, 0.2) is 6.61 Å². The fourth-order valence-corrected chi connectivity index (χ4v) is 1.40. The molecule has 0 heterocycles. The molecule has 0 saturated heterocycles. The molecule has 0 spiro atoms. The van der Waals surface area contributed by atoms with Crippen molar-refractivity contribution in [3.05, 3.63) is 33.9 Å². The van der Waals surface area contributed by atoms with E-state index in [0.717, 1.165) is 6.07 Å². The van der Waals surface area contributed by atoms with E-state index in [9.17, 15) is 32.9 Å². The Morgan fingerprint density at radius 2 is 2.00 bits per heavy atom. The van der Waals surface area contributed by atoms with Gasteiger partial charge in [0, 0.05) is 12.5 Å². The molecule has 7 nitrogen and oxygen atoms in total. The van der Waals surface area contributed by atoms with Crippen molar-refractivity contribution in [2.75, 3.05) is 11.9 Å². The highest BCUT2D eigenvalue weighted by Gasteiger charge is 2.33.